The SMILES string of the molecule is CNc1cc(N)c(C(=N)c2ccc(N3CCOCC3)nc2)cn1. The molecule has 0 aliphatic carbocycles. The number of pyridine rings is 2. The Balaban J connectivity index is 1.80. The summed E-state index contributed by atoms with van der Waals surface area (Å²) in [5.41, 5.74) is 8.17. The zero-order valence-corrected chi connectivity index (χ0v) is 13.0. The lowest BCUT2D eigenvalue weighted by Gasteiger charge is -2.27. The average molecular weight is 312 g/mol. The second-order valence-electron chi connectivity index (χ2n) is 5.29. The number of rotatable bonds is 4. The molecule has 1 fully saturated rings. The van der Waals surface area contributed by atoms with Crippen LogP contribution in [0, 0.1) is 5.41 Å². The minimum atomic E-state index is 0.318. The monoisotopic (exact) mass is 312 g/mol. The van der Waals surface area contributed by atoms with Gasteiger partial charge in [0.1, 0.15) is 11.6 Å². The van der Waals surface area contributed by atoms with E-state index in [2.05, 4.69) is 20.2 Å². The smallest absolute Gasteiger partial charge is 0.128 e. The van der Waals surface area contributed by atoms with E-state index >= 15 is 0 Å². The van der Waals surface area contributed by atoms with Gasteiger partial charge in [0.05, 0.1) is 18.9 Å². The number of anilines is 3. The highest BCUT2D eigenvalue weighted by molar-refractivity contribution is 6.13. The number of nitrogens with two attached hydrogens (primary N) is 1. The fraction of sp³-hybridized carbons (Fsp3) is 0.312. The van der Waals surface area contributed by atoms with Crippen LogP contribution in [-0.2, 0) is 4.74 Å². The van der Waals surface area contributed by atoms with Crippen LogP contribution in [0.25, 0.3) is 0 Å². The molecule has 0 saturated carbocycles. The van der Waals surface area contributed by atoms with E-state index in [1.807, 2.05) is 12.1 Å². The van der Waals surface area contributed by atoms with Crippen LogP contribution in [0.3, 0.4) is 0 Å². The number of nitrogen functional groups attached to an aromatic ring is 1. The maximum atomic E-state index is 8.34. The third-order valence-corrected chi connectivity index (χ3v) is 3.83. The van der Waals surface area contributed by atoms with Gasteiger partial charge in [-0.2, -0.15) is 0 Å². The van der Waals surface area contributed by atoms with E-state index in [4.69, 9.17) is 15.9 Å². The van der Waals surface area contributed by atoms with Gasteiger partial charge in [0.2, 0.25) is 0 Å². The van der Waals surface area contributed by atoms with E-state index in [1.54, 1.807) is 25.5 Å². The summed E-state index contributed by atoms with van der Waals surface area (Å²) in [6.45, 7) is 3.12. The van der Waals surface area contributed by atoms with Crippen molar-refractivity contribution in [3.05, 3.63) is 41.7 Å². The molecule has 0 bridgehead atoms. The standard InChI is InChI=1S/C16H20N6O/c1-19-14-8-13(17)12(10-20-14)16(18)11-2-3-15(21-9-11)22-4-6-23-7-5-22/h2-3,8-10,18H,4-7H2,1H3,(H3,17,19,20). The fourth-order valence-corrected chi connectivity index (χ4v) is 2.49. The molecule has 3 heterocycles. The highest BCUT2D eigenvalue weighted by Crippen LogP contribution is 2.20. The zero-order chi connectivity index (χ0) is 16.2. The molecule has 1 aliphatic rings. The Morgan fingerprint density at radius 1 is 1.26 bits per heavy atom. The van der Waals surface area contributed by atoms with Gasteiger partial charge in [-0.15, -0.1) is 0 Å². The van der Waals surface area contributed by atoms with Gasteiger partial charge >= 0.3 is 0 Å². The van der Waals surface area contributed by atoms with Crippen molar-refractivity contribution in [1.82, 2.24) is 9.97 Å². The van der Waals surface area contributed by atoms with Crippen molar-refractivity contribution in [2.75, 3.05) is 49.3 Å². The second kappa shape index (κ2) is 6.62. The third kappa shape index (κ3) is 3.24. The summed E-state index contributed by atoms with van der Waals surface area (Å²) in [7, 11) is 1.78. The maximum Gasteiger partial charge on any atom is 0.128 e. The van der Waals surface area contributed by atoms with Gasteiger partial charge < -0.3 is 20.7 Å². The number of hydrogen-bond acceptors (Lipinski definition) is 7. The van der Waals surface area contributed by atoms with Gasteiger partial charge in [-0.25, -0.2) is 9.97 Å². The van der Waals surface area contributed by atoms with Crippen LogP contribution in [0.4, 0.5) is 17.3 Å². The van der Waals surface area contributed by atoms with E-state index in [1.165, 1.54) is 0 Å². The quantitative estimate of drug-likeness (QED) is 0.737. The van der Waals surface area contributed by atoms with Gasteiger partial charge in [-0.3, -0.25) is 5.41 Å². The molecule has 1 saturated heterocycles. The van der Waals surface area contributed by atoms with E-state index < -0.39 is 0 Å². The zero-order valence-electron chi connectivity index (χ0n) is 13.0. The lowest BCUT2D eigenvalue weighted by Crippen LogP contribution is -2.36. The molecule has 1 aliphatic heterocycles. The van der Waals surface area contributed by atoms with Gasteiger partial charge in [0, 0.05) is 55.4 Å². The second-order valence-corrected chi connectivity index (χ2v) is 5.29. The van der Waals surface area contributed by atoms with Crippen LogP contribution < -0.4 is 16.0 Å². The number of ether oxygens (including phenoxy) is 1. The van der Waals surface area contributed by atoms with Gasteiger partial charge in [0.25, 0.3) is 0 Å². The Bertz CT molecular complexity index is 694. The molecule has 0 radical (unpaired) electrons. The van der Waals surface area contributed by atoms with E-state index in [-0.39, 0.29) is 0 Å². The Morgan fingerprint density at radius 3 is 2.65 bits per heavy atom. The molecule has 2 aromatic rings. The first-order valence-corrected chi connectivity index (χ1v) is 7.50. The van der Waals surface area contributed by atoms with Crippen molar-refractivity contribution in [3.8, 4) is 0 Å². The average Bonchev–Trinajstić information content (AvgIpc) is 2.62. The summed E-state index contributed by atoms with van der Waals surface area (Å²) in [4.78, 5) is 10.9. The number of morpholine rings is 1. The lowest BCUT2D eigenvalue weighted by molar-refractivity contribution is 0.122. The fourth-order valence-electron chi connectivity index (χ4n) is 2.49. The van der Waals surface area contributed by atoms with Crippen molar-refractivity contribution in [2.24, 2.45) is 0 Å². The first-order valence-electron chi connectivity index (χ1n) is 7.50. The molecular formula is C16H20N6O. The number of hydrogen-bond donors (Lipinski definition) is 3. The molecular weight excluding hydrogens is 292 g/mol. The summed E-state index contributed by atoms with van der Waals surface area (Å²) < 4.78 is 5.34. The molecule has 7 heteroatoms. The summed E-state index contributed by atoms with van der Waals surface area (Å²) in [5.74, 6) is 1.58. The number of aromatic nitrogens is 2. The first-order chi connectivity index (χ1) is 11.2. The Hall–Kier alpha value is -2.67. The van der Waals surface area contributed by atoms with E-state index in [0.29, 0.717) is 28.3 Å². The molecule has 23 heavy (non-hydrogen) atoms. The van der Waals surface area contributed by atoms with Gasteiger partial charge in [-0.05, 0) is 12.1 Å². The van der Waals surface area contributed by atoms with Crippen molar-refractivity contribution >= 4 is 23.0 Å². The molecule has 0 amide bonds. The van der Waals surface area contributed by atoms with Crippen molar-refractivity contribution in [3.63, 3.8) is 0 Å². The van der Waals surface area contributed by atoms with Crippen LogP contribution in [0.2, 0.25) is 0 Å². The van der Waals surface area contributed by atoms with Crippen LogP contribution in [0.15, 0.2) is 30.6 Å². The molecule has 3 rings (SSSR count). The normalized spacial score (nSPS) is 14.6. The van der Waals surface area contributed by atoms with Gasteiger partial charge in [0.15, 0.2) is 0 Å². The summed E-state index contributed by atoms with van der Waals surface area (Å²) in [6, 6.07) is 5.55. The first kappa shape index (κ1) is 15.2. The predicted molar refractivity (Wildman–Crippen MR) is 91.4 cm³/mol. The topological polar surface area (TPSA) is 100 Å². The molecule has 120 valence electrons. The van der Waals surface area contributed by atoms with Crippen LogP contribution in [-0.4, -0.2) is 49.0 Å². The van der Waals surface area contributed by atoms with Gasteiger partial charge in [-0.1, -0.05) is 0 Å². The van der Waals surface area contributed by atoms with E-state index in [0.717, 1.165) is 32.1 Å². The Kier molecular flexibility index (Phi) is 4.38. The molecule has 4 N–H and O–H groups in total. The summed E-state index contributed by atoms with van der Waals surface area (Å²) in [5, 5.41) is 11.3. The van der Waals surface area contributed by atoms with Crippen molar-refractivity contribution in [1.29, 1.82) is 5.41 Å². The molecule has 0 aromatic carbocycles. The van der Waals surface area contributed by atoms with Crippen molar-refractivity contribution < 1.29 is 4.74 Å². The molecule has 0 atom stereocenters. The molecule has 7 nitrogen and oxygen atoms in total. The predicted octanol–water partition coefficient (Wildman–Crippen LogP) is 1.35. The minimum absolute atomic E-state index is 0.318. The number of nitrogens with one attached hydrogen (secondary N) is 2. The minimum Gasteiger partial charge on any atom is -0.398 e. The van der Waals surface area contributed by atoms with E-state index in [9.17, 15) is 0 Å². The highest BCUT2D eigenvalue weighted by atomic mass is 16.5. The molecule has 0 unspecified atom stereocenters. The Labute approximate surface area is 135 Å². The van der Waals surface area contributed by atoms with Crippen LogP contribution in [0.5, 0.6) is 0 Å². The molecule has 0 spiro atoms. The summed E-state index contributed by atoms with van der Waals surface area (Å²) in [6.07, 6.45) is 3.32. The van der Waals surface area contributed by atoms with Crippen molar-refractivity contribution in [2.45, 2.75) is 0 Å². The lowest BCUT2D eigenvalue weighted by atomic mass is 10.0. The summed E-state index contributed by atoms with van der Waals surface area (Å²) >= 11 is 0. The maximum absolute atomic E-state index is 8.34. The number of nitrogens with zero attached hydrogens (tertiary/aromatic N) is 3. The molecule has 2 aromatic heterocycles. The third-order valence-electron chi connectivity index (χ3n) is 3.83. The Morgan fingerprint density at radius 2 is 2.04 bits per heavy atom. The van der Waals surface area contributed by atoms with Crippen LogP contribution >= 0.6 is 0 Å². The largest absolute Gasteiger partial charge is 0.398 e. The van der Waals surface area contributed by atoms with Crippen LogP contribution in [0.1, 0.15) is 11.1 Å². The highest BCUT2D eigenvalue weighted by Gasteiger charge is 2.14.